The molecule has 2 aromatic rings. The third kappa shape index (κ3) is 3.16. The maximum atomic E-state index is 12.6. The Hall–Kier alpha value is -1.92. The SMILES string of the molecule is O=C(Nc1ccc(N2CCOCC2)nc1)c1csc2c1CCCC2. The summed E-state index contributed by atoms with van der Waals surface area (Å²) < 4.78 is 5.36. The highest BCUT2D eigenvalue weighted by atomic mass is 32.1. The van der Waals surface area contributed by atoms with E-state index in [4.69, 9.17) is 4.74 Å². The average Bonchev–Trinajstić information content (AvgIpc) is 3.07. The Morgan fingerprint density at radius 2 is 2.04 bits per heavy atom. The number of carbonyl (C=O) groups excluding carboxylic acids is 1. The van der Waals surface area contributed by atoms with Crippen molar-refractivity contribution in [2.45, 2.75) is 25.7 Å². The summed E-state index contributed by atoms with van der Waals surface area (Å²) in [5, 5.41) is 4.99. The monoisotopic (exact) mass is 343 g/mol. The second-order valence-electron chi connectivity index (χ2n) is 6.22. The number of hydrogen-bond acceptors (Lipinski definition) is 5. The van der Waals surface area contributed by atoms with Crippen LogP contribution in [0.3, 0.4) is 0 Å². The number of amides is 1. The highest BCUT2D eigenvalue weighted by Crippen LogP contribution is 2.30. The van der Waals surface area contributed by atoms with Gasteiger partial charge in [0.2, 0.25) is 0 Å². The Morgan fingerprint density at radius 3 is 2.83 bits per heavy atom. The first-order valence-corrected chi connectivity index (χ1v) is 9.38. The molecule has 3 heterocycles. The minimum atomic E-state index is -0.0182. The van der Waals surface area contributed by atoms with Gasteiger partial charge in [0.1, 0.15) is 5.82 Å². The van der Waals surface area contributed by atoms with E-state index in [1.807, 2.05) is 17.5 Å². The summed E-state index contributed by atoms with van der Waals surface area (Å²) in [7, 11) is 0. The van der Waals surface area contributed by atoms with E-state index in [9.17, 15) is 4.79 Å². The van der Waals surface area contributed by atoms with Gasteiger partial charge in [-0.05, 0) is 43.4 Å². The molecule has 1 aliphatic heterocycles. The van der Waals surface area contributed by atoms with Crippen LogP contribution in [0.15, 0.2) is 23.7 Å². The Kier molecular flexibility index (Phi) is 4.49. The van der Waals surface area contributed by atoms with Crippen molar-refractivity contribution < 1.29 is 9.53 Å². The Labute approximate surface area is 145 Å². The number of fused-ring (bicyclic) bond motifs is 1. The summed E-state index contributed by atoms with van der Waals surface area (Å²) in [4.78, 5) is 20.6. The van der Waals surface area contributed by atoms with E-state index in [-0.39, 0.29) is 5.91 Å². The summed E-state index contributed by atoms with van der Waals surface area (Å²) in [6, 6.07) is 3.89. The molecular weight excluding hydrogens is 322 g/mol. The summed E-state index contributed by atoms with van der Waals surface area (Å²) >= 11 is 1.72. The van der Waals surface area contributed by atoms with Crippen LogP contribution in [0.5, 0.6) is 0 Å². The fourth-order valence-corrected chi connectivity index (χ4v) is 4.45. The highest BCUT2D eigenvalue weighted by molar-refractivity contribution is 7.10. The molecule has 5 nitrogen and oxygen atoms in total. The quantitative estimate of drug-likeness (QED) is 0.930. The van der Waals surface area contributed by atoms with E-state index in [2.05, 4.69) is 15.2 Å². The normalized spacial score (nSPS) is 17.4. The molecule has 1 N–H and O–H groups in total. The number of ether oxygens (including phenoxy) is 1. The first-order chi connectivity index (χ1) is 11.8. The number of hydrogen-bond donors (Lipinski definition) is 1. The number of morpholine rings is 1. The fourth-order valence-electron chi connectivity index (χ4n) is 3.32. The van der Waals surface area contributed by atoms with Gasteiger partial charge in [-0.25, -0.2) is 4.98 Å². The minimum absolute atomic E-state index is 0.0182. The van der Waals surface area contributed by atoms with E-state index in [0.29, 0.717) is 0 Å². The molecule has 6 heteroatoms. The smallest absolute Gasteiger partial charge is 0.256 e. The van der Waals surface area contributed by atoms with Crippen molar-refractivity contribution in [3.63, 3.8) is 0 Å². The maximum Gasteiger partial charge on any atom is 0.256 e. The van der Waals surface area contributed by atoms with Crippen molar-refractivity contribution in [1.82, 2.24) is 4.98 Å². The van der Waals surface area contributed by atoms with Gasteiger partial charge >= 0.3 is 0 Å². The summed E-state index contributed by atoms with van der Waals surface area (Å²) in [5.74, 6) is 0.916. The van der Waals surface area contributed by atoms with Crippen LogP contribution < -0.4 is 10.2 Å². The van der Waals surface area contributed by atoms with E-state index in [1.54, 1.807) is 17.5 Å². The van der Waals surface area contributed by atoms with Gasteiger partial charge in [-0.1, -0.05) is 0 Å². The van der Waals surface area contributed by atoms with Gasteiger partial charge in [0.15, 0.2) is 0 Å². The molecule has 0 spiro atoms. The summed E-state index contributed by atoms with van der Waals surface area (Å²) in [6.45, 7) is 3.20. The molecule has 1 fully saturated rings. The number of nitrogens with zero attached hydrogens (tertiary/aromatic N) is 2. The molecule has 0 bridgehead atoms. The van der Waals surface area contributed by atoms with Gasteiger partial charge in [-0.15, -0.1) is 11.3 Å². The Balaban J connectivity index is 1.45. The molecule has 126 valence electrons. The minimum Gasteiger partial charge on any atom is -0.378 e. The molecular formula is C18H21N3O2S. The first kappa shape index (κ1) is 15.6. The Morgan fingerprint density at radius 1 is 1.21 bits per heavy atom. The van der Waals surface area contributed by atoms with Crippen molar-refractivity contribution in [1.29, 1.82) is 0 Å². The maximum absolute atomic E-state index is 12.6. The molecule has 1 aliphatic carbocycles. The van der Waals surface area contributed by atoms with Gasteiger partial charge in [0.25, 0.3) is 5.91 Å². The predicted molar refractivity (Wildman–Crippen MR) is 96.2 cm³/mol. The molecule has 24 heavy (non-hydrogen) atoms. The molecule has 0 radical (unpaired) electrons. The van der Waals surface area contributed by atoms with E-state index >= 15 is 0 Å². The van der Waals surface area contributed by atoms with Gasteiger partial charge in [-0.2, -0.15) is 0 Å². The van der Waals surface area contributed by atoms with Crippen LogP contribution in [0.25, 0.3) is 0 Å². The zero-order chi connectivity index (χ0) is 16.4. The van der Waals surface area contributed by atoms with E-state index in [1.165, 1.54) is 23.3 Å². The van der Waals surface area contributed by atoms with Crippen LogP contribution in [0.4, 0.5) is 11.5 Å². The zero-order valence-electron chi connectivity index (χ0n) is 13.6. The van der Waals surface area contributed by atoms with Crippen LogP contribution in [0, 0.1) is 0 Å². The van der Waals surface area contributed by atoms with Gasteiger partial charge in [-0.3, -0.25) is 4.79 Å². The van der Waals surface area contributed by atoms with E-state index in [0.717, 1.165) is 56.2 Å². The molecule has 1 amide bonds. The number of thiophene rings is 1. The van der Waals surface area contributed by atoms with Crippen molar-refractivity contribution in [2.24, 2.45) is 0 Å². The highest BCUT2D eigenvalue weighted by Gasteiger charge is 2.20. The number of aromatic nitrogens is 1. The number of rotatable bonds is 3. The molecule has 0 atom stereocenters. The van der Waals surface area contributed by atoms with Crippen molar-refractivity contribution in [3.05, 3.63) is 39.7 Å². The third-order valence-electron chi connectivity index (χ3n) is 4.65. The van der Waals surface area contributed by atoms with Crippen molar-refractivity contribution >= 4 is 28.7 Å². The molecule has 2 aliphatic rings. The Bertz CT molecular complexity index is 720. The lowest BCUT2D eigenvalue weighted by molar-refractivity contribution is 0.102. The fraction of sp³-hybridized carbons (Fsp3) is 0.444. The lowest BCUT2D eigenvalue weighted by Crippen LogP contribution is -2.36. The van der Waals surface area contributed by atoms with Gasteiger partial charge in [0.05, 0.1) is 30.7 Å². The second kappa shape index (κ2) is 6.91. The zero-order valence-corrected chi connectivity index (χ0v) is 14.4. The van der Waals surface area contributed by atoms with Crippen LogP contribution in [0.1, 0.15) is 33.6 Å². The standard InChI is InChI=1S/C18H21N3O2S/c22-18(15-12-24-16-4-2-1-3-14(15)16)20-13-5-6-17(19-11-13)21-7-9-23-10-8-21/h5-6,11-12H,1-4,7-10H2,(H,20,22). The molecule has 2 aromatic heterocycles. The molecule has 4 rings (SSSR count). The largest absolute Gasteiger partial charge is 0.378 e. The summed E-state index contributed by atoms with van der Waals surface area (Å²) in [5.41, 5.74) is 2.83. The predicted octanol–water partition coefficient (Wildman–Crippen LogP) is 3.11. The summed E-state index contributed by atoms with van der Waals surface area (Å²) in [6.07, 6.45) is 6.29. The number of pyridine rings is 1. The topological polar surface area (TPSA) is 54.5 Å². The number of carbonyl (C=O) groups is 1. The van der Waals surface area contributed by atoms with E-state index < -0.39 is 0 Å². The molecule has 0 saturated carbocycles. The van der Waals surface area contributed by atoms with Crippen LogP contribution in [0.2, 0.25) is 0 Å². The number of anilines is 2. The van der Waals surface area contributed by atoms with Crippen LogP contribution in [-0.4, -0.2) is 37.2 Å². The van der Waals surface area contributed by atoms with Crippen LogP contribution in [-0.2, 0) is 17.6 Å². The van der Waals surface area contributed by atoms with Gasteiger partial charge in [0, 0.05) is 23.3 Å². The first-order valence-electron chi connectivity index (χ1n) is 8.50. The number of nitrogens with one attached hydrogen (secondary N) is 1. The number of aryl methyl sites for hydroxylation is 1. The molecule has 1 saturated heterocycles. The van der Waals surface area contributed by atoms with Crippen molar-refractivity contribution in [2.75, 3.05) is 36.5 Å². The third-order valence-corrected chi connectivity index (χ3v) is 5.74. The van der Waals surface area contributed by atoms with Gasteiger partial charge < -0.3 is 15.0 Å². The molecule has 0 unspecified atom stereocenters. The molecule has 0 aromatic carbocycles. The lowest BCUT2D eigenvalue weighted by Gasteiger charge is -2.27. The lowest BCUT2D eigenvalue weighted by atomic mass is 9.95. The van der Waals surface area contributed by atoms with Crippen LogP contribution >= 0.6 is 11.3 Å². The average molecular weight is 343 g/mol. The second-order valence-corrected chi connectivity index (χ2v) is 7.18. The van der Waals surface area contributed by atoms with Crippen molar-refractivity contribution in [3.8, 4) is 0 Å².